The largest absolute Gasteiger partial charge is 0.369 e. The van der Waals surface area contributed by atoms with E-state index in [2.05, 4.69) is 22.2 Å². The Bertz CT molecular complexity index is 203. The number of nitrogens with one attached hydrogen (secondary N) is 1. The fraction of sp³-hybridized carbons (Fsp3) is 0.500. The molecule has 0 aliphatic carbocycles. The first kappa shape index (κ1) is 9.32. The molecule has 0 spiro atoms. The van der Waals surface area contributed by atoms with E-state index in [-0.39, 0.29) is 0 Å². The minimum atomic E-state index is 0.904. The average molecular weight is 183 g/mol. The Morgan fingerprint density at radius 2 is 2.50 bits per heavy atom. The van der Waals surface area contributed by atoms with Gasteiger partial charge in [0.25, 0.3) is 0 Å². The quantitative estimate of drug-likeness (QED) is 0.704. The number of rotatable bonds is 5. The lowest BCUT2D eigenvalue weighted by Crippen LogP contribution is -2.05. The van der Waals surface area contributed by atoms with Crippen LogP contribution < -0.4 is 5.32 Å². The van der Waals surface area contributed by atoms with E-state index < -0.39 is 0 Å². The Morgan fingerprint density at radius 1 is 1.58 bits per heavy atom. The Morgan fingerprint density at radius 3 is 3.17 bits per heavy atom. The average Bonchev–Trinajstić information content (AvgIpc) is 2.14. The molecule has 1 aromatic rings. The van der Waals surface area contributed by atoms with Gasteiger partial charge in [0.15, 0.2) is 0 Å². The predicted molar refractivity (Wildman–Crippen MR) is 53.5 cm³/mol. The molecule has 0 atom stereocenters. The van der Waals surface area contributed by atoms with Gasteiger partial charge >= 0.3 is 0 Å². The van der Waals surface area contributed by atoms with Crippen molar-refractivity contribution in [2.45, 2.75) is 6.92 Å². The van der Waals surface area contributed by atoms with Gasteiger partial charge in [-0.2, -0.15) is 11.8 Å². The Kier molecular flexibility index (Phi) is 4.52. The first-order valence-electron chi connectivity index (χ1n) is 4.01. The number of thioether (sulfide) groups is 1. The van der Waals surface area contributed by atoms with Crippen molar-refractivity contribution in [3.63, 3.8) is 0 Å². The van der Waals surface area contributed by atoms with Gasteiger partial charge in [-0.3, -0.25) is 0 Å². The second-order valence-corrected chi connectivity index (χ2v) is 3.61. The van der Waals surface area contributed by atoms with Crippen LogP contribution in [0.15, 0.2) is 18.6 Å². The normalized spacial score (nSPS) is 9.75. The molecular weight excluding hydrogens is 170 g/mol. The van der Waals surface area contributed by atoms with Crippen LogP contribution in [0.1, 0.15) is 6.92 Å². The molecule has 0 fully saturated rings. The maximum absolute atomic E-state index is 4.04. The molecule has 0 aliphatic rings. The summed E-state index contributed by atoms with van der Waals surface area (Å²) < 4.78 is 0. The summed E-state index contributed by atoms with van der Waals surface area (Å²) >= 11 is 1.92. The Labute approximate surface area is 77.0 Å². The molecule has 0 amide bonds. The van der Waals surface area contributed by atoms with Gasteiger partial charge in [0.2, 0.25) is 0 Å². The van der Waals surface area contributed by atoms with Crippen molar-refractivity contribution in [3.05, 3.63) is 18.6 Å². The highest BCUT2D eigenvalue weighted by Gasteiger charge is 1.89. The van der Waals surface area contributed by atoms with Crippen molar-refractivity contribution in [1.29, 1.82) is 0 Å². The first-order valence-corrected chi connectivity index (χ1v) is 5.16. The fourth-order valence-electron chi connectivity index (χ4n) is 0.791. The van der Waals surface area contributed by atoms with Crippen LogP contribution in [-0.4, -0.2) is 28.0 Å². The van der Waals surface area contributed by atoms with Gasteiger partial charge in [0.05, 0.1) is 0 Å². The monoisotopic (exact) mass is 183 g/mol. The summed E-state index contributed by atoms with van der Waals surface area (Å²) in [5, 5.41) is 3.21. The molecule has 0 bridgehead atoms. The standard InChI is InChI=1S/C8H13N3S/c1-2-12-6-5-10-8-3-4-9-7-11-8/h3-4,7H,2,5-6H2,1H3,(H,9,10,11). The maximum Gasteiger partial charge on any atom is 0.129 e. The minimum absolute atomic E-state index is 0.904. The van der Waals surface area contributed by atoms with Gasteiger partial charge in [-0.25, -0.2) is 9.97 Å². The Balaban J connectivity index is 2.16. The summed E-state index contributed by atoms with van der Waals surface area (Å²) in [6.07, 6.45) is 3.29. The van der Waals surface area contributed by atoms with E-state index in [0.29, 0.717) is 0 Å². The van der Waals surface area contributed by atoms with E-state index in [9.17, 15) is 0 Å². The van der Waals surface area contributed by atoms with Crippen molar-refractivity contribution in [1.82, 2.24) is 9.97 Å². The molecule has 1 aromatic heterocycles. The van der Waals surface area contributed by atoms with Crippen LogP contribution >= 0.6 is 11.8 Å². The zero-order chi connectivity index (χ0) is 8.65. The minimum Gasteiger partial charge on any atom is -0.369 e. The SMILES string of the molecule is CCSCCNc1ccncn1. The molecule has 12 heavy (non-hydrogen) atoms. The van der Waals surface area contributed by atoms with Gasteiger partial charge in [-0.15, -0.1) is 0 Å². The highest BCUT2D eigenvalue weighted by Crippen LogP contribution is 2.00. The van der Waals surface area contributed by atoms with Crippen LogP contribution in [0.5, 0.6) is 0 Å². The molecule has 1 rings (SSSR count). The number of anilines is 1. The third kappa shape index (κ3) is 3.57. The molecule has 1 heterocycles. The van der Waals surface area contributed by atoms with Gasteiger partial charge in [0.1, 0.15) is 12.1 Å². The number of nitrogens with zero attached hydrogens (tertiary/aromatic N) is 2. The van der Waals surface area contributed by atoms with Crippen molar-refractivity contribution in [3.8, 4) is 0 Å². The molecule has 0 aliphatic heterocycles. The van der Waals surface area contributed by atoms with Gasteiger partial charge in [-0.1, -0.05) is 6.92 Å². The van der Waals surface area contributed by atoms with Crippen molar-refractivity contribution >= 4 is 17.6 Å². The van der Waals surface area contributed by atoms with Crippen LogP contribution in [0.25, 0.3) is 0 Å². The Hall–Kier alpha value is -0.770. The zero-order valence-electron chi connectivity index (χ0n) is 7.16. The van der Waals surface area contributed by atoms with Gasteiger partial charge < -0.3 is 5.32 Å². The highest BCUT2D eigenvalue weighted by molar-refractivity contribution is 7.99. The summed E-state index contributed by atoms with van der Waals surface area (Å²) in [5.74, 6) is 3.20. The van der Waals surface area contributed by atoms with Crippen molar-refractivity contribution < 1.29 is 0 Å². The molecule has 3 nitrogen and oxygen atoms in total. The summed E-state index contributed by atoms with van der Waals surface area (Å²) in [5.41, 5.74) is 0. The lowest BCUT2D eigenvalue weighted by Gasteiger charge is -2.02. The van der Waals surface area contributed by atoms with E-state index in [1.54, 1.807) is 12.5 Å². The second kappa shape index (κ2) is 5.83. The molecule has 0 saturated carbocycles. The zero-order valence-corrected chi connectivity index (χ0v) is 7.97. The first-order chi connectivity index (χ1) is 5.93. The molecular formula is C8H13N3S. The summed E-state index contributed by atoms with van der Waals surface area (Å²) in [6.45, 7) is 3.13. The lowest BCUT2D eigenvalue weighted by molar-refractivity contribution is 1.12. The van der Waals surface area contributed by atoms with E-state index in [1.165, 1.54) is 5.75 Å². The fourth-order valence-corrected chi connectivity index (χ4v) is 1.33. The molecule has 0 aromatic carbocycles. The van der Waals surface area contributed by atoms with Crippen LogP contribution in [0, 0.1) is 0 Å². The van der Waals surface area contributed by atoms with Crippen LogP contribution in [-0.2, 0) is 0 Å². The van der Waals surface area contributed by atoms with Crippen LogP contribution in [0.4, 0.5) is 5.82 Å². The third-order valence-electron chi connectivity index (χ3n) is 1.34. The lowest BCUT2D eigenvalue weighted by atomic mass is 10.6. The summed E-state index contributed by atoms with van der Waals surface area (Å²) in [7, 11) is 0. The number of hydrogen-bond donors (Lipinski definition) is 1. The second-order valence-electron chi connectivity index (χ2n) is 2.22. The predicted octanol–water partition coefficient (Wildman–Crippen LogP) is 1.64. The molecule has 0 radical (unpaired) electrons. The van der Waals surface area contributed by atoms with Crippen molar-refractivity contribution in [2.75, 3.05) is 23.4 Å². The highest BCUT2D eigenvalue weighted by atomic mass is 32.2. The van der Waals surface area contributed by atoms with E-state index in [4.69, 9.17) is 0 Å². The van der Waals surface area contributed by atoms with Gasteiger partial charge in [0, 0.05) is 18.5 Å². The van der Waals surface area contributed by atoms with E-state index >= 15 is 0 Å². The third-order valence-corrected chi connectivity index (χ3v) is 2.24. The summed E-state index contributed by atoms with van der Waals surface area (Å²) in [6, 6.07) is 1.87. The molecule has 0 unspecified atom stereocenters. The summed E-state index contributed by atoms with van der Waals surface area (Å²) in [4.78, 5) is 7.88. The smallest absolute Gasteiger partial charge is 0.129 e. The van der Waals surface area contributed by atoms with Crippen LogP contribution in [0.2, 0.25) is 0 Å². The molecule has 66 valence electrons. The number of aromatic nitrogens is 2. The topological polar surface area (TPSA) is 37.8 Å². The van der Waals surface area contributed by atoms with Crippen LogP contribution in [0.3, 0.4) is 0 Å². The van der Waals surface area contributed by atoms with E-state index in [0.717, 1.165) is 18.1 Å². The molecule has 0 saturated heterocycles. The van der Waals surface area contributed by atoms with Gasteiger partial charge in [-0.05, 0) is 11.8 Å². The molecule has 4 heteroatoms. The molecule has 1 N–H and O–H groups in total. The maximum atomic E-state index is 4.04. The number of hydrogen-bond acceptors (Lipinski definition) is 4. The van der Waals surface area contributed by atoms with Crippen molar-refractivity contribution in [2.24, 2.45) is 0 Å². The van der Waals surface area contributed by atoms with E-state index in [1.807, 2.05) is 17.8 Å².